The lowest BCUT2D eigenvalue weighted by Crippen LogP contribution is -2.52. The maximum absolute atomic E-state index is 12.5. The molecule has 0 spiro atoms. The van der Waals surface area contributed by atoms with Gasteiger partial charge in [0.15, 0.2) is 0 Å². The predicted octanol–water partition coefficient (Wildman–Crippen LogP) is 0.927. The molecular weight excluding hydrogens is 318 g/mol. The number of carbonyl (C=O) groups is 2. The molecule has 0 aromatic carbocycles. The summed E-state index contributed by atoms with van der Waals surface area (Å²) in [6, 6.07) is -0.503. The average Bonchev–Trinajstić information content (AvgIpc) is 3.02. The van der Waals surface area contributed by atoms with Gasteiger partial charge in [0.05, 0.1) is 11.5 Å². The highest BCUT2D eigenvalue weighted by molar-refractivity contribution is 5.86. The van der Waals surface area contributed by atoms with E-state index >= 15 is 0 Å². The molecule has 0 bridgehead atoms. The van der Waals surface area contributed by atoms with Crippen LogP contribution in [-0.4, -0.2) is 56.6 Å². The third kappa shape index (κ3) is 4.81. The quantitative estimate of drug-likeness (QED) is 0.774. The summed E-state index contributed by atoms with van der Waals surface area (Å²) in [7, 11) is 3.55. The number of rotatable bonds is 5. The van der Waals surface area contributed by atoms with Crippen LogP contribution in [0.15, 0.2) is 0 Å². The van der Waals surface area contributed by atoms with E-state index in [0.717, 1.165) is 38.5 Å². The van der Waals surface area contributed by atoms with E-state index in [4.69, 9.17) is 10.5 Å². The monoisotopic (exact) mass is 347 g/mol. The van der Waals surface area contributed by atoms with Crippen LogP contribution in [0.1, 0.15) is 38.5 Å². The van der Waals surface area contributed by atoms with Gasteiger partial charge in [-0.25, -0.2) is 0 Å². The van der Waals surface area contributed by atoms with Crippen molar-refractivity contribution in [3.05, 3.63) is 0 Å². The van der Waals surface area contributed by atoms with Gasteiger partial charge in [0, 0.05) is 33.9 Å². The molecule has 134 valence electrons. The highest BCUT2D eigenvalue weighted by atomic mass is 35.5. The van der Waals surface area contributed by atoms with Crippen LogP contribution in [0.2, 0.25) is 0 Å². The Kier molecular flexibility index (Phi) is 7.77. The summed E-state index contributed by atoms with van der Waals surface area (Å²) >= 11 is 0. The Hall–Kier alpha value is -0.850. The van der Waals surface area contributed by atoms with E-state index in [2.05, 4.69) is 5.32 Å². The Morgan fingerprint density at radius 2 is 1.83 bits per heavy atom. The number of nitrogens with one attached hydrogen (secondary N) is 1. The molecule has 2 amide bonds. The minimum Gasteiger partial charge on any atom is -0.381 e. The summed E-state index contributed by atoms with van der Waals surface area (Å²) in [4.78, 5) is 26.4. The molecule has 1 aliphatic carbocycles. The van der Waals surface area contributed by atoms with Crippen molar-refractivity contribution in [1.82, 2.24) is 10.2 Å². The Bertz CT molecular complexity index is 405. The summed E-state index contributed by atoms with van der Waals surface area (Å²) in [6.07, 6.45) is 5.43. The van der Waals surface area contributed by atoms with Gasteiger partial charge in [-0.15, -0.1) is 12.4 Å². The smallest absolute Gasteiger partial charge is 0.237 e. The lowest BCUT2D eigenvalue weighted by molar-refractivity contribution is -0.139. The van der Waals surface area contributed by atoms with Crippen LogP contribution in [0.4, 0.5) is 0 Å². The number of hydrogen-bond acceptors (Lipinski definition) is 4. The zero-order valence-electron chi connectivity index (χ0n) is 14.2. The molecule has 7 heteroatoms. The lowest BCUT2D eigenvalue weighted by Gasteiger charge is -2.32. The van der Waals surface area contributed by atoms with Gasteiger partial charge < -0.3 is 20.7 Å². The highest BCUT2D eigenvalue weighted by Gasteiger charge is 2.42. The van der Waals surface area contributed by atoms with Gasteiger partial charge in [-0.1, -0.05) is 12.8 Å². The van der Waals surface area contributed by atoms with Gasteiger partial charge in [-0.05, 0) is 31.6 Å². The molecule has 23 heavy (non-hydrogen) atoms. The number of ether oxygens (including phenoxy) is 1. The minimum atomic E-state index is -0.503. The average molecular weight is 348 g/mol. The Balaban J connectivity index is 0.00000264. The van der Waals surface area contributed by atoms with E-state index in [9.17, 15) is 9.59 Å². The van der Waals surface area contributed by atoms with Crippen molar-refractivity contribution >= 4 is 24.2 Å². The zero-order valence-corrected chi connectivity index (χ0v) is 15.0. The van der Waals surface area contributed by atoms with E-state index in [-0.39, 0.29) is 30.1 Å². The first-order valence-corrected chi connectivity index (χ1v) is 8.29. The second kappa shape index (κ2) is 8.85. The van der Waals surface area contributed by atoms with Crippen molar-refractivity contribution in [2.45, 2.75) is 44.6 Å². The maximum Gasteiger partial charge on any atom is 0.237 e. The van der Waals surface area contributed by atoms with E-state index in [0.29, 0.717) is 19.8 Å². The molecule has 1 saturated heterocycles. The van der Waals surface area contributed by atoms with Crippen molar-refractivity contribution in [3.63, 3.8) is 0 Å². The molecule has 1 atom stereocenters. The molecule has 3 N–H and O–H groups in total. The number of halogens is 1. The number of carbonyl (C=O) groups excluding carboxylic acids is 2. The molecule has 2 aliphatic rings. The first kappa shape index (κ1) is 20.2. The molecule has 2 rings (SSSR count). The highest BCUT2D eigenvalue weighted by Crippen LogP contribution is 2.39. The fraction of sp³-hybridized carbons (Fsp3) is 0.875. The molecule has 0 aromatic rings. The zero-order chi connectivity index (χ0) is 16.2. The molecule has 6 nitrogen and oxygen atoms in total. The van der Waals surface area contributed by atoms with E-state index in [1.165, 1.54) is 0 Å². The molecule has 1 heterocycles. The maximum atomic E-state index is 12.5. The first-order chi connectivity index (χ1) is 10.5. The normalized spacial score (nSPS) is 22.0. The SMILES string of the molecule is CN(C)C(=O)C1(CNC(=O)C(N)C2CCOCC2)CCCC1.Cl. The van der Waals surface area contributed by atoms with Crippen LogP contribution in [0.25, 0.3) is 0 Å². The van der Waals surface area contributed by atoms with Crippen LogP contribution >= 0.6 is 12.4 Å². The fourth-order valence-electron chi connectivity index (χ4n) is 3.66. The van der Waals surface area contributed by atoms with Crippen molar-refractivity contribution in [2.75, 3.05) is 33.9 Å². The molecule has 0 radical (unpaired) electrons. The van der Waals surface area contributed by atoms with Crippen LogP contribution < -0.4 is 11.1 Å². The van der Waals surface area contributed by atoms with Crippen molar-refractivity contribution < 1.29 is 14.3 Å². The van der Waals surface area contributed by atoms with Crippen LogP contribution in [-0.2, 0) is 14.3 Å². The van der Waals surface area contributed by atoms with Crippen molar-refractivity contribution in [1.29, 1.82) is 0 Å². The molecule has 0 aromatic heterocycles. The van der Waals surface area contributed by atoms with E-state index in [1.807, 2.05) is 0 Å². The second-order valence-electron chi connectivity index (χ2n) is 6.88. The third-order valence-electron chi connectivity index (χ3n) is 5.10. The fourth-order valence-corrected chi connectivity index (χ4v) is 3.66. The van der Waals surface area contributed by atoms with Crippen LogP contribution in [0, 0.1) is 11.3 Å². The molecule has 1 aliphatic heterocycles. The van der Waals surface area contributed by atoms with Crippen LogP contribution in [0.3, 0.4) is 0 Å². The number of amides is 2. The largest absolute Gasteiger partial charge is 0.381 e. The van der Waals surface area contributed by atoms with Gasteiger partial charge in [0.2, 0.25) is 11.8 Å². The number of nitrogens with two attached hydrogens (primary N) is 1. The predicted molar refractivity (Wildman–Crippen MR) is 91.4 cm³/mol. The van der Waals surface area contributed by atoms with E-state index < -0.39 is 11.5 Å². The Morgan fingerprint density at radius 1 is 1.26 bits per heavy atom. The lowest BCUT2D eigenvalue weighted by atomic mass is 9.84. The summed E-state index contributed by atoms with van der Waals surface area (Å²) in [5.41, 5.74) is 5.66. The van der Waals surface area contributed by atoms with Gasteiger partial charge in [0.25, 0.3) is 0 Å². The topological polar surface area (TPSA) is 84.7 Å². The van der Waals surface area contributed by atoms with Crippen molar-refractivity contribution in [2.24, 2.45) is 17.1 Å². The van der Waals surface area contributed by atoms with Gasteiger partial charge in [0.1, 0.15) is 0 Å². The van der Waals surface area contributed by atoms with E-state index in [1.54, 1.807) is 19.0 Å². The van der Waals surface area contributed by atoms with Crippen molar-refractivity contribution in [3.8, 4) is 0 Å². The van der Waals surface area contributed by atoms with Gasteiger partial charge in [-0.2, -0.15) is 0 Å². The van der Waals surface area contributed by atoms with Gasteiger partial charge >= 0.3 is 0 Å². The molecular formula is C16H30ClN3O3. The Morgan fingerprint density at radius 3 is 2.35 bits per heavy atom. The summed E-state index contributed by atoms with van der Waals surface area (Å²) in [5, 5.41) is 2.95. The second-order valence-corrected chi connectivity index (χ2v) is 6.88. The molecule has 2 fully saturated rings. The minimum absolute atomic E-state index is 0. The third-order valence-corrected chi connectivity index (χ3v) is 5.10. The standard InChI is InChI=1S/C16H29N3O3.ClH/c1-19(2)15(21)16(7-3-4-8-16)11-18-14(20)13(17)12-5-9-22-10-6-12;/h12-13H,3-11,17H2,1-2H3,(H,18,20);1H. The number of hydrogen-bond donors (Lipinski definition) is 2. The van der Waals surface area contributed by atoms with Gasteiger partial charge in [-0.3, -0.25) is 9.59 Å². The Labute approximate surface area is 144 Å². The number of nitrogens with zero attached hydrogens (tertiary/aromatic N) is 1. The summed E-state index contributed by atoms with van der Waals surface area (Å²) in [5.74, 6) is 0.160. The molecule has 1 unspecified atom stereocenters. The molecule has 1 saturated carbocycles. The van der Waals surface area contributed by atoms with Crippen LogP contribution in [0.5, 0.6) is 0 Å². The first-order valence-electron chi connectivity index (χ1n) is 8.29. The summed E-state index contributed by atoms with van der Waals surface area (Å²) < 4.78 is 5.31. The summed E-state index contributed by atoms with van der Waals surface area (Å²) in [6.45, 7) is 1.75.